The minimum absolute atomic E-state index is 0.0399. The first-order chi connectivity index (χ1) is 16.9. The molecule has 2 aliphatic heterocycles. The Labute approximate surface area is 203 Å². The Kier molecular flexibility index (Phi) is 7.64. The Balaban J connectivity index is 1.28. The van der Waals surface area contributed by atoms with Crippen LogP contribution in [-0.4, -0.2) is 53.5 Å². The average molecular weight is 480 g/mol. The van der Waals surface area contributed by atoms with Crippen LogP contribution in [0.3, 0.4) is 0 Å². The number of hydrogen-bond acceptors (Lipinski definition) is 6. The predicted molar refractivity (Wildman–Crippen MR) is 128 cm³/mol. The Morgan fingerprint density at radius 1 is 1.09 bits per heavy atom. The van der Waals surface area contributed by atoms with Gasteiger partial charge in [-0.05, 0) is 48.9 Å². The van der Waals surface area contributed by atoms with Gasteiger partial charge >= 0.3 is 18.1 Å². The highest BCUT2D eigenvalue weighted by Gasteiger charge is 2.38. The number of phenols is 1. The zero-order valence-corrected chi connectivity index (χ0v) is 19.6. The summed E-state index contributed by atoms with van der Waals surface area (Å²) in [5.41, 5.74) is 1.89. The molecule has 0 bridgehead atoms. The molecule has 0 aliphatic carbocycles. The van der Waals surface area contributed by atoms with E-state index in [1.54, 1.807) is 24.0 Å². The van der Waals surface area contributed by atoms with Crippen molar-refractivity contribution in [2.45, 2.75) is 32.4 Å². The quantitative estimate of drug-likeness (QED) is 0.608. The molecule has 1 saturated heterocycles. The number of urea groups is 1. The number of nitrogens with one attached hydrogen (secondary N) is 1. The van der Waals surface area contributed by atoms with Gasteiger partial charge in [0.15, 0.2) is 0 Å². The van der Waals surface area contributed by atoms with Crippen LogP contribution in [0.5, 0.6) is 5.75 Å². The number of phenolic OH excluding ortho intramolecular Hbond substituents is 1. The number of carbonyl (C=O) groups is 3. The minimum atomic E-state index is -0.789. The molecule has 2 unspecified atom stereocenters. The number of carbonyl (C=O) groups excluding carboxylic acids is 3. The van der Waals surface area contributed by atoms with Crippen molar-refractivity contribution in [3.63, 3.8) is 0 Å². The molecule has 184 valence electrons. The third kappa shape index (κ3) is 6.17. The standard InChI is InChI=1S/C26H29N3O6/c1-17-22(23(28-25(32)27-17)20-8-5-9-21(30)14-20)24(31)34-15-19-10-12-29(13-11-19)26(33)35-16-18-6-3-2-4-7-18/h2-9,14,19,22-23,30H,10-13,15-16H2,1H3,(H,28,32). The number of rotatable bonds is 6. The van der Waals surface area contributed by atoms with Gasteiger partial charge in [-0.1, -0.05) is 42.5 Å². The van der Waals surface area contributed by atoms with E-state index in [0.717, 1.165) is 5.56 Å². The molecule has 2 N–H and O–H groups in total. The molecule has 0 saturated carbocycles. The summed E-state index contributed by atoms with van der Waals surface area (Å²) in [5.74, 6) is -1.11. The number of piperidine rings is 1. The van der Waals surface area contributed by atoms with Gasteiger partial charge in [0.2, 0.25) is 0 Å². The highest BCUT2D eigenvalue weighted by atomic mass is 16.6. The van der Waals surface area contributed by atoms with Crippen LogP contribution in [0.15, 0.2) is 59.6 Å². The molecule has 0 aromatic heterocycles. The van der Waals surface area contributed by atoms with Crippen LogP contribution >= 0.6 is 0 Å². The maximum Gasteiger partial charge on any atom is 0.410 e. The number of hydrogen-bond donors (Lipinski definition) is 2. The Morgan fingerprint density at radius 2 is 1.83 bits per heavy atom. The van der Waals surface area contributed by atoms with E-state index in [4.69, 9.17) is 9.47 Å². The average Bonchev–Trinajstić information content (AvgIpc) is 2.86. The second-order valence-electron chi connectivity index (χ2n) is 8.85. The van der Waals surface area contributed by atoms with Crippen molar-refractivity contribution in [2.75, 3.05) is 19.7 Å². The van der Waals surface area contributed by atoms with E-state index in [-0.39, 0.29) is 31.0 Å². The number of nitrogens with zero attached hydrogens (tertiary/aromatic N) is 2. The number of benzene rings is 2. The topological polar surface area (TPSA) is 118 Å². The van der Waals surface area contributed by atoms with Crippen molar-refractivity contribution < 1.29 is 29.0 Å². The smallest absolute Gasteiger partial charge is 0.410 e. The summed E-state index contributed by atoms with van der Waals surface area (Å²) in [6, 6.07) is 14.7. The zero-order valence-electron chi connectivity index (χ0n) is 19.6. The third-order valence-corrected chi connectivity index (χ3v) is 6.36. The van der Waals surface area contributed by atoms with Crippen LogP contribution in [0.1, 0.15) is 36.9 Å². The fourth-order valence-corrected chi connectivity index (χ4v) is 4.40. The predicted octanol–water partition coefficient (Wildman–Crippen LogP) is 3.83. The van der Waals surface area contributed by atoms with E-state index in [1.165, 1.54) is 12.1 Å². The van der Waals surface area contributed by atoms with Crippen molar-refractivity contribution in [3.8, 4) is 5.75 Å². The van der Waals surface area contributed by atoms with Gasteiger partial charge in [-0.3, -0.25) is 4.79 Å². The molecule has 3 amide bonds. The minimum Gasteiger partial charge on any atom is -0.508 e. The van der Waals surface area contributed by atoms with Crippen LogP contribution in [0, 0.1) is 11.8 Å². The number of likely N-dealkylation sites (tertiary alicyclic amines) is 1. The molecule has 35 heavy (non-hydrogen) atoms. The van der Waals surface area contributed by atoms with E-state index in [0.29, 0.717) is 37.2 Å². The normalized spacial score (nSPS) is 20.5. The van der Waals surface area contributed by atoms with Crippen LogP contribution in [0.2, 0.25) is 0 Å². The molecule has 1 fully saturated rings. The summed E-state index contributed by atoms with van der Waals surface area (Å²) in [4.78, 5) is 42.9. The third-order valence-electron chi connectivity index (χ3n) is 6.36. The lowest BCUT2D eigenvalue weighted by atomic mass is 9.88. The van der Waals surface area contributed by atoms with Crippen molar-refractivity contribution >= 4 is 23.8 Å². The molecule has 9 heteroatoms. The molecule has 0 radical (unpaired) electrons. The molecule has 2 aromatic rings. The van der Waals surface area contributed by atoms with Crippen molar-refractivity contribution in [2.24, 2.45) is 16.8 Å². The molecule has 2 aliphatic rings. The van der Waals surface area contributed by atoms with E-state index < -0.39 is 24.0 Å². The maximum absolute atomic E-state index is 13.0. The molecule has 4 rings (SSSR count). The Morgan fingerprint density at radius 3 is 2.54 bits per heavy atom. The Bertz CT molecular complexity index is 1100. The van der Waals surface area contributed by atoms with Crippen LogP contribution in [0.4, 0.5) is 9.59 Å². The monoisotopic (exact) mass is 479 g/mol. The molecule has 0 spiro atoms. The van der Waals surface area contributed by atoms with Crippen molar-refractivity contribution in [1.82, 2.24) is 10.2 Å². The first-order valence-electron chi connectivity index (χ1n) is 11.7. The van der Waals surface area contributed by atoms with E-state index in [2.05, 4.69) is 10.3 Å². The summed E-state index contributed by atoms with van der Waals surface area (Å²) in [6.45, 7) is 3.14. The van der Waals surface area contributed by atoms with Gasteiger partial charge in [0, 0.05) is 18.8 Å². The molecule has 9 nitrogen and oxygen atoms in total. The Hall–Kier alpha value is -3.88. The zero-order chi connectivity index (χ0) is 24.8. The first-order valence-corrected chi connectivity index (χ1v) is 11.7. The molecule has 2 aromatic carbocycles. The summed E-state index contributed by atoms with van der Waals surface area (Å²) in [5, 5.41) is 12.5. The van der Waals surface area contributed by atoms with Gasteiger partial charge in [-0.2, -0.15) is 0 Å². The molecular weight excluding hydrogens is 450 g/mol. The van der Waals surface area contributed by atoms with Gasteiger partial charge in [-0.25, -0.2) is 14.6 Å². The summed E-state index contributed by atoms with van der Waals surface area (Å²) < 4.78 is 11.0. The van der Waals surface area contributed by atoms with Gasteiger partial charge in [0.05, 0.1) is 12.6 Å². The summed E-state index contributed by atoms with van der Waals surface area (Å²) >= 11 is 0. The number of aromatic hydroxyl groups is 1. The van der Waals surface area contributed by atoms with Crippen LogP contribution < -0.4 is 5.32 Å². The van der Waals surface area contributed by atoms with Crippen molar-refractivity contribution in [1.29, 1.82) is 0 Å². The first kappa shape index (κ1) is 24.3. The lowest BCUT2D eigenvalue weighted by Gasteiger charge is -2.32. The van der Waals surface area contributed by atoms with E-state index >= 15 is 0 Å². The lowest BCUT2D eigenvalue weighted by Crippen LogP contribution is -2.45. The fraction of sp³-hybridized carbons (Fsp3) is 0.385. The number of ether oxygens (including phenoxy) is 2. The number of aliphatic imine (C=N–C) groups is 1. The van der Waals surface area contributed by atoms with Gasteiger partial charge < -0.3 is 24.8 Å². The van der Waals surface area contributed by atoms with Gasteiger partial charge in [-0.15, -0.1) is 0 Å². The molecular formula is C26H29N3O6. The molecule has 2 atom stereocenters. The lowest BCUT2D eigenvalue weighted by molar-refractivity contribution is -0.148. The van der Waals surface area contributed by atoms with Crippen molar-refractivity contribution in [3.05, 3.63) is 65.7 Å². The highest BCUT2D eigenvalue weighted by Crippen LogP contribution is 2.30. The summed E-state index contributed by atoms with van der Waals surface area (Å²) in [6.07, 6.45) is 1.04. The fourth-order valence-electron chi connectivity index (χ4n) is 4.40. The number of esters is 1. The SMILES string of the molecule is CC1=NC(=O)NC(c2cccc(O)c2)C1C(=O)OCC1CCN(C(=O)OCc2ccccc2)CC1. The maximum atomic E-state index is 13.0. The second-order valence-corrected chi connectivity index (χ2v) is 8.85. The van der Waals surface area contributed by atoms with Crippen LogP contribution in [0.25, 0.3) is 0 Å². The van der Waals surface area contributed by atoms with Crippen LogP contribution in [-0.2, 0) is 20.9 Å². The highest BCUT2D eigenvalue weighted by molar-refractivity contribution is 6.08. The van der Waals surface area contributed by atoms with Gasteiger partial charge in [0.1, 0.15) is 18.3 Å². The molecule has 2 heterocycles. The van der Waals surface area contributed by atoms with E-state index in [1.807, 2.05) is 30.3 Å². The van der Waals surface area contributed by atoms with E-state index in [9.17, 15) is 19.5 Å². The summed E-state index contributed by atoms with van der Waals surface area (Å²) in [7, 11) is 0. The largest absolute Gasteiger partial charge is 0.508 e. The second kappa shape index (κ2) is 11.0. The van der Waals surface area contributed by atoms with Gasteiger partial charge in [0.25, 0.3) is 0 Å². The number of amides is 3.